The van der Waals surface area contributed by atoms with Crippen LogP contribution in [0.5, 0.6) is 0 Å². The highest BCUT2D eigenvalue weighted by molar-refractivity contribution is 7.89. The second kappa shape index (κ2) is 7.92. The lowest BCUT2D eigenvalue weighted by Gasteiger charge is -2.20. The van der Waals surface area contributed by atoms with Gasteiger partial charge in [-0.1, -0.05) is 19.9 Å². The van der Waals surface area contributed by atoms with Crippen LogP contribution < -0.4 is 5.32 Å². The third-order valence-corrected chi connectivity index (χ3v) is 6.14. The zero-order chi connectivity index (χ0) is 19.5. The van der Waals surface area contributed by atoms with Gasteiger partial charge >= 0.3 is 0 Å². The summed E-state index contributed by atoms with van der Waals surface area (Å²) in [5.74, 6) is -2.22. The van der Waals surface area contributed by atoms with Gasteiger partial charge in [-0.25, -0.2) is 17.2 Å². The van der Waals surface area contributed by atoms with Crippen molar-refractivity contribution in [3.8, 4) is 0 Å². The van der Waals surface area contributed by atoms with Crippen molar-refractivity contribution in [1.82, 2.24) is 4.31 Å². The number of aryl methyl sites for hydroxylation is 1. The van der Waals surface area contributed by atoms with E-state index in [9.17, 15) is 22.0 Å². The van der Waals surface area contributed by atoms with Gasteiger partial charge in [-0.15, -0.1) is 0 Å². The Labute approximate surface area is 151 Å². The van der Waals surface area contributed by atoms with Crippen LogP contribution in [-0.2, 0) is 10.0 Å². The lowest BCUT2D eigenvalue weighted by atomic mass is 10.1. The highest BCUT2D eigenvalue weighted by Gasteiger charge is 2.25. The molecule has 1 N–H and O–H groups in total. The first-order valence-corrected chi connectivity index (χ1v) is 9.51. The van der Waals surface area contributed by atoms with Gasteiger partial charge in [0.1, 0.15) is 11.6 Å². The SMILES string of the molecule is CCN(CC)S(=O)(=O)c1cc(C(=O)Nc2cc(F)ccc2F)ccc1C. The number of amides is 1. The number of nitrogens with zero attached hydrogens (tertiary/aromatic N) is 1. The van der Waals surface area contributed by atoms with E-state index in [1.165, 1.54) is 22.5 Å². The summed E-state index contributed by atoms with van der Waals surface area (Å²) in [5.41, 5.74) is 0.208. The maximum absolute atomic E-state index is 13.7. The first-order chi connectivity index (χ1) is 12.2. The third-order valence-electron chi connectivity index (χ3n) is 3.95. The summed E-state index contributed by atoms with van der Waals surface area (Å²) < 4.78 is 53.7. The van der Waals surface area contributed by atoms with Crippen molar-refractivity contribution < 1.29 is 22.0 Å². The summed E-state index contributed by atoms with van der Waals surface area (Å²) in [6.07, 6.45) is 0. The van der Waals surface area contributed by atoms with Crippen molar-refractivity contribution in [2.45, 2.75) is 25.7 Å². The Bertz CT molecular complexity index is 926. The van der Waals surface area contributed by atoms with Crippen LogP contribution >= 0.6 is 0 Å². The molecule has 140 valence electrons. The molecular formula is C18H20F2N2O3S. The van der Waals surface area contributed by atoms with Gasteiger partial charge < -0.3 is 5.32 Å². The molecular weight excluding hydrogens is 362 g/mol. The van der Waals surface area contributed by atoms with Gasteiger partial charge in [-0.2, -0.15) is 4.31 Å². The molecule has 5 nitrogen and oxygen atoms in total. The van der Waals surface area contributed by atoms with Crippen molar-refractivity contribution in [1.29, 1.82) is 0 Å². The number of carbonyl (C=O) groups is 1. The molecule has 8 heteroatoms. The number of sulfonamides is 1. The van der Waals surface area contributed by atoms with Crippen LogP contribution in [0.1, 0.15) is 29.8 Å². The maximum Gasteiger partial charge on any atom is 0.255 e. The second-order valence-corrected chi connectivity index (χ2v) is 7.55. The molecule has 0 aliphatic heterocycles. The number of halogens is 2. The Morgan fingerprint density at radius 2 is 1.73 bits per heavy atom. The number of hydrogen-bond acceptors (Lipinski definition) is 3. The Morgan fingerprint density at radius 3 is 2.35 bits per heavy atom. The second-order valence-electron chi connectivity index (χ2n) is 5.65. The fourth-order valence-corrected chi connectivity index (χ4v) is 4.22. The van der Waals surface area contributed by atoms with E-state index in [0.717, 1.165) is 18.2 Å². The molecule has 0 heterocycles. The Balaban J connectivity index is 2.40. The largest absolute Gasteiger partial charge is 0.319 e. The van der Waals surface area contributed by atoms with E-state index in [1.807, 2.05) is 0 Å². The summed E-state index contributed by atoms with van der Waals surface area (Å²) >= 11 is 0. The predicted molar refractivity (Wildman–Crippen MR) is 95.6 cm³/mol. The van der Waals surface area contributed by atoms with E-state index in [2.05, 4.69) is 5.32 Å². The predicted octanol–water partition coefficient (Wildman–Crippen LogP) is 3.56. The van der Waals surface area contributed by atoms with Crippen LogP contribution in [0.15, 0.2) is 41.3 Å². The van der Waals surface area contributed by atoms with Crippen LogP contribution in [-0.4, -0.2) is 31.7 Å². The summed E-state index contributed by atoms with van der Waals surface area (Å²) in [6.45, 7) is 5.66. The molecule has 2 rings (SSSR count). The Hall–Kier alpha value is -2.32. The molecule has 26 heavy (non-hydrogen) atoms. The van der Waals surface area contributed by atoms with Crippen LogP contribution in [0.4, 0.5) is 14.5 Å². The van der Waals surface area contributed by atoms with E-state index >= 15 is 0 Å². The molecule has 2 aromatic rings. The summed E-state index contributed by atoms with van der Waals surface area (Å²) in [5, 5.41) is 2.26. The molecule has 0 aromatic heterocycles. The van der Waals surface area contributed by atoms with Crippen molar-refractivity contribution in [2.75, 3.05) is 18.4 Å². The number of carbonyl (C=O) groups excluding carboxylic acids is 1. The fraction of sp³-hybridized carbons (Fsp3) is 0.278. The molecule has 0 unspecified atom stereocenters. The van der Waals surface area contributed by atoms with Crippen LogP contribution in [0.25, 0.3) is 0 Å². The van der Waals surface area contributed by atoms with Crippen LogP contribution in [0, 0.1) is 18.6 Å². The highest BCUT2D eigenvalue weighted by Crippen LogP contribution is 2.23. The normalized spacial score (nSPS) is 11.6. The topological polar surface area (TPSA) is 66.5 Å². The average molecular weight is 382 g/mol. The van der Waals surface area contributed by atoms with E-state index in [1.54, 1.807) is 20.8 Å². The lowest BCUT2D eigenvalue weighted by Crippen LogP contribution is -2.31. The molecule has 0 saturated heterocycles. The molecule has 0 atom stereocenters. The first kappa shape index (κ1) is 20.0. The molecule has 0 saturated carbocycles. The first-order valence-electron chi connectivity index (χ1n) is 8.07. The van der Waals surface area contributed by atoms with Gasteiger partial charge in [-0.3, -0.25) is 4.79 Å². The van der Waals surface area contributed by atoms with Gasteiger partial charge in [0.15, 0.2) is 0 Å². The monoisotopic (exact) mass is 382 g/mol. The minimum Gasteiger partial charge on any atom is -0.319 e. The minimum absolute atomic E-state index is 0.00793. The van der Waals surface area contributed by atoms with E-state index < -0.39 is 27.6 Å². The zero-order valence-corrected chi connectivity index (χ0v) is 15.5. The smallest absolute Gasteiger partial charge is 0.255 e. The Kier molecular flexibility index (Phi) is 6.09. The van der Waals surface area contributed by atoms with Gasteiger partial charge in [-0.05, 0) is 36.8 Å². The summed E-state index contributed by atoms with van der Waals surface area (Å²) in [6, 6.07) is 6.88. The molecule has 2 aromatic carbocycles. The van der Waals surface area contributed by atoms with Crippen molar-refractivity contribution in [2.24, 2.45) is 0 Å². The Morgan fingerprint density at radius 1 is 1.08 bits per heavy atom. The minimum atomic E-state index is -3.76. The van der Waals surface area contributed by atoms with E-state index in [4.69, 9.17) is 0 Å². The van der Waals surface area contributed by atoms with Crippen molar-refractivity contribution in [3.63, 3.8) is 0 Å². The fourth-order valence-electron chi connectivity index (χ4n) is 2.51. The van der Waals surface area contributed by atoms with Crippen molar-refractivity contribution in [3.05, 3.63) is 59.2 Å². The van der Waals surface area contributed by atoms with Gasteiger partial charge in [0, 0.05) is 24.7 Å². The summed E-state index contributed by atoms with van der Waals surface area (Å²) in [4.78, 5) is 12.4. The molecule has 0 bridgehead atoms. The van der Waals surface area contributed by atoms with Gasteiger partial charge in [0.05, 0.1) is 10.6 Å². The lowest BCUT2D eigenvalue weighted by molar-refractivity contribution is 0.102. The quantitative estimate of drug-likeness (QED) is 0.831. The highest BCUT2D eigenvalue weighted by atomic mass is 32.2. The number of benzene rings is 2. The van der Waals surface area contributed by atoms with Crippen LogP contribution in [0.2, 0.25) is 0 Å². The summed E-state index contributed by atoms with van der Waals surface area (Å²) in [7, 11) is -3.76. The van der Waals surface area contributed by atoms with E-state index in [-0.39, 0.29) is 16.1 Å². The molecule has 0 radical (unpaired) electrons. The molecule has 0 fully saturated rings. The zero-order valence-electron chi connectivity index (χ0n) is 14.7. The molecule has 0 aliphatic rings. The molecule has 0 aliphatic carbocycles. The van der Waals surface area contributed by atoms with Gasteiger partial charge in [0.2, 0.25) is 10.0 Å². The van der Waals surface area contributed by atoms with Gasteiger partial charge in [0.25, 0.3) is 5.91 Å². The third kappa shape index (κ3) is 4.08. The van der Waals surface area contributed by atoms with Crippen LogP contribution in [0.3, 0.4) is 0 Å². The number of nitrogens with one attached hydrogen (secondary N) is 1. The molecule has 0 spiro atoms. The molecule has 1 amide bonds. The number of rotatable bonds is 6. The number of hydrogen-bond donors (Lipinski definition) is 1. The number of anilines is 1. The average Bonchev–Trinajstić information content (AvgIpc) is 2.59. The standard InChI is InChI=1S/C18H20F2N2O3S/c1-4-22(5-2)26(24,25)17-10-13(7-6-12(17)3)18(23)21-16-11-14(19)8-9-15(16)20/h6-11H,4-5H2,1-3H3,(H,21,23). The maximum atomic E-state index is 13.7. The van der Waals surface area contributed by atoms with Crippen molar-refractivity contribution >= 4 is 21.6 Å². The van der Waals surface area contributed by atoms with E-state index in [0.29, 0.717) is 18.7 Å².